The average Bonchev–Trinajstić information content (AvgIpc) is 2.35. The SMILES string of the molecule is CCCNC1CCOCC1CN(C)CCC(C)O. The van der Waals surface area contributed by atoms with Gasteiger partial charge in [0.2, 0.25) is 0 Å². The van der Waals surface area contributed by atoms with E-state index < -0.39 is 0 Å². The third kappa shape index (κ3) is 6.14. The minimum atomic E-state index is -0.205. The van der Waals surface area contributed by atoms with Gasteiger partial charge in [-0.3, -0.25) is 0 Å². The molecule has 0 bridgehead atoms. The van der Waals surface area contributed by atoms with Crippen LogP contribution in [0.25, 0.3) is 0 Å². The molecule has 0 aromatic rings. The molecular formula is C14H30N2O2. The summed E-state index contributed by atoms with van der Waals surface area (Å²) in [7, 11) is 2.13. The third-order valence-electron chi connectivity index (χ3n) is 3.61. The van der Waals surface area contributed by atoms with Crippen LogP contribution < -0.4 is 5.32 Å². The Morgan fingerprint density at radius 1 is 1.50 bits per heavy atom. The molecule has 0 amide bonds. The average molecular weight is 258 g/mol. The molecule has 0 spiro atoms. The van der Waals surface area contributed by atoms with E-state index in [1.807, 2.05) is 6.92 Å². The molecule has 0 aliphatic carbocycles. The Bertz CT molecular complexity index is 212. The monoisotopic (exact) mass is 258 g/mol. The standard InChI is InChI=1S/C14H30N2O2/c1-4-7-15-14-6-9-18-11-13(14)10-16(3)8-5-12(2)17/h12-15,17H,4-11H2,1-3H3. The fraction of sp³-hybridized carbons (Fsp3) is 1.00. The summed E-state index contributed by atoms with van der Waals surface area (Å²) in [6.07, 6.45) is 2.94. The Kier molecular flexibility index (Phi) is 7.82. The summed E-state index contributed by atoms with van der Waals surface area (Å²) in [5.41, 5.74) is 0. The number of nitrogens with zero attached hydrogens (tertiary/aromatic N) is 1. The number of nitrogens with one attached hydrogen (secondary N) is 1. The van der Waals surface area contributed by atoms with Gasteiger partial charge in [0.25, 0.3) is 0 Å². The maximum atomic E-state index is 9.31. The molecule has 3 unspecified atom stereocenters. The van der Waals surface area contributed by atoms with Crippen LogP contribution in [0.4, 0.5) is 0 Å². The molecule has 1 fully saturated rings. The summed E-state index contributed by atoms with van der Waals surface area (Å²) in [5.74, 6) is 0.573. The third-order valence-corrected chi connectivity index (χ3v) is 3.61. The van der Waals surface area contributed by atoms with Crippen molar-refractivity contribution in [1.29, 1.82) is 0 Å². The molecule has 2 N–H and O–H groups in total. The van der Waals surface area contributed by atoms with Gasteiger partial charge in [0.15, 0.2) is 0 Å². The maximum Gasteiger partial charge on any atom is 0.0524 e. The Morgan fingerprint density at radius 3 is 2.94 bits per heavy atom. The molecule has 4 nitrogen and oxygen atoms in total. The molecule has 1 saturated heterocycles. The fourth-order valence-corrected chi connectivity index (χ4v) is 2.47. The van der Waals surface area contributed by atoms with Crippen molar-refractivity contribution < 1.29 is 9.84 Å². The first-order chi connectivity index (χ1) is 8.63. The van der Waals surface area contributed by atoms with Gasteiger partial charge in [0, 0.05) is 31.7 Å². The summed E-state index contributed by atoms with van der Waals surface area (Å²) < 4.78 is 5.60. The number of ether oxygens (including phenoxy) is 1. The molecule has 4 heteroatoms. The molecule has 1 heterocycles. The molecule has 3 atom stereocenters. The van der Waals surface area contributed by atoms with E-state index in [0.717, 1.165) is 45.7 Å². The van der Waals surface area contributed by atoms with Gasteiger partial charge in [-0.2, -0.15) is 0 Å². The van der Waals surface area contributed by atoms with Gasteiger partial charge >= 0.3 is 0 Å². The van der Waals surface area contributed by atoms with E-state index in [4.69, 9.17) is 4.74 Å². The van der Waals surface area contributed by atoms with E-state index in [1.165, 1.54) is 6.42 Å². The number of hydrogen-bond acceptors (Lipinski definition) is 4. The van der Waals surface area contributed by atoms with E-state index in [2.05, 4.69) is 24.2 Å². The lowest BCUT2D eigenvalue weighted by Gasteiger charge is -2.35. The van der Waals surface area contributed by atoms with Crippen LogP contribution >= 0.6 is 0 Å². The summed E-state index contributed by atoms with van der Waals surface area (Å²) in [6, 6.07) is 0.590. The molecule has 18 heavy (non-hydrogen) atoms. The number of hydrogen-bond donors (Lipinski definition) is 2. The fourth-order valence-electron chi connectivity index (χ4n) is 2.47. The van der Waals surface area contributed by atoms with Crippen molar-refractivity contribution >= 4 is 0 Å². The van der Waals surface area contributed by atoms with Crippen LogP contribution in [0, 0.1) is 5.92 Å². The van der Waals surface area contributed by atoms with E-state index in [9.17, 15) is 5.11 Å². The minimum absolute atomic E-state index is 0.205. The summed E-state index contributed by atoms with van der Waals surface area (Å²) >= 11 is 0. The molecule has 0 aromatic heterocycles. The van der Waals surface area contributed by atoms with Gasteiger partial charge in [-0.05, 0) is 39.8 Å². The van der Waals surface area contributed by atoms with Gasteiger partial charge in [0.05, 0.1) is 12.7 Å². The maximum absolute atomic E-state index is 9.31. The van der Waals surface area contributed by atoms with E-state index in [-0.39, 0.29) is 6.10 Å². The number of aliphatic hydroxyl groups excluding tert-OH is 1. The predicted molar refractivity (Wildman–Crippen MR) is 74.8 cm³/mol. The summed E-state index contributed by atoms with van der Waals surface area (Å²) in [4.78, 5) is 2.31. The van der Waals surface area contributed by atoms with E-state index in [1.54, 1.807) is 0 Å². The van der Waals surface area contributed by atoms with Gasteiger partial charge in [-0.25, -0.2) is 0 Å². The zero-order chi connectivity index (χ0) is 13.4. The highest BCUT2D eigenvalue weighted by Gasteiger charge is 2.26. The largest absolute Gasteiger partial charge is 0.393 e. The van der Waals surface area contributed by atoms with Crippen molar-refractivity contribution in [3.05, 3.63) is 0 Å². The summed E-state index contributed by atoms with van der Waals surface area (Å²) in [5, 5.41) is 12.9. The molecule has 1 aliphatic rings. The van der Waals surface area contributed by atoms with Crippen molar-refractivity contribution in [2.45, 2.75) is 45.3 Å². The van der Waals surface area contributed by atoms with Crippen molar-refractivity contribution in [3.63, 3.8) is 0 Å². The quantitative estimate of drug-likeness (QED) is 0.684. The van der Waals surface area contributed by atoms with Crippen molar-refractivity contribution in [3.8, 4) is 0 Å². The lowest BCUT2D eigenvalue weighted by molar-refractivity contribution is 0.0185. The minimum Gasteiger partial charge on any atom is -0.393 e. The van der Waals surface area contributed by atoms with Crippen LogP contribution in [0.3, 0.4) is 0 Å². The highest BCUT2D eigenvalue weighted by atomic mass is 16.5. The molecule has 0 aromatic carbocycles. The number of rotatable bonds is 8. The normalized spacial score (nSPS) is 26.5. The van der Waals surface area contributed by atoms with Crippen LogP contribution in [-0.2, 0) is 4.74 Å². The predicted octanol–water partition coefficient (Wildman–Crippen LogP) is 1.09. The molecule has 108 valence electrons. The Labute approximate surface area is 112 Å². The smallest absolute Gasteiger partial charge is 0.0524 e. The summed E-state index contributed by atoms with van der Waals surface area (Å²) in [6.45, 7) is 8.90. The van der Waals surface area contributed by atoms with Crippen LogP contribution in [0.1, 0.15) is 33.1 Å². The second-order valence-electron chi connectivity index (χ2n) is 5.58. The molecular weight excluding hydrogens is 228 g/mol. The van der Waals surface area contributed by atoms with Gasteiger partial charge in [-0.15, -0.1) is 0 Å². The van der Waals surface area contributed by atoms with Crippen LogP contribution in [0.2, 0.25) is 0 Å². The van der Waals surface area contributed by atoms with Crippen LogP contribution in [-0.4, -0.2) is 62.0 Å². The van der Waals surface area contributed by atoms with E-state index in [0.29, 0.717) is 12.0 Å². The Hall–Kier alpha value is -0.160. The van der Waals surface area contributed by atoms with Crippen molar-refractivity contribution in [1.82, 2.24) is 10.2 Å². The highest BCUT2D eigenvalue weighted by molar-refractivity contribution is 4.81. The lowest BCUT2D eigenvalue weighted by Crippen LogP contribution is -2.47. The van der Waals surface area contributed by atoms with Crippen LogP contribution in [0.5, 0.6) is 0 Å². The number of aliphatic hydroxyl groups is 1. The topological polar surface area (TPSA) is 44.7 Å². The lowest BCUT2D eigenvalue weighted by atomic mass is 9.95. The Morgan fingerprint density at radius 2 is 2.28 bits per heavy atom. The van der Waals surface area contributed by atoms with Crippen molar-refractivity contribution in [2.24, 2.45) is 5.92 Å². The van der Waals surface area contributed by atoms with Crippen molar-refractivity contribution in [2.75, 3.05) is 39.9 Å². The first-order valence-corrected chi connectivity index (χ1v) is 7.31. The molecule has 1 aliphatic heterocycles. The second kappa shape index (κ2) is 8.86. The van der Waals surface area contributed by atoms with Gasteiger partial charge in [0.1, 0.15) is 0 Å². The molecule has 1 rings (SSSR count). The zero-order valence-electron chi connectivity index (χ0n) is 12.2. The highest BCUT2D eigenvalue weighted by Crippen LogP contribution is 2.16. The van der Waals surface area contributed by atoms with E-state index >= 15 is 0 Å². The first kappa shape index (κ1) is 15.9. The first-order valence-electron chi connectivity index (χ1n) is 7.31. The van der Waals surface area contributed by atoms with Gasteiger partial charge < -0.3 is 20.1 Å². The molecule has 0 saturated carbocycles. The second-order valence-corrected chi connectivity index (χ2v) is 5.58. The zero-order valence-corrected chi connectivity index (χ0v) is 12.2. The molecule has 0 radical (unpaired) electrons. The Balaban J connectivity index is 2.31. The van der Waals surface area contributed by atoms with Gasteiger partial charge in [-0.1, -0.05) is 6.92 Å². The van der Waals surface area contributed by atoms with Crippen LogP contribution in [0.15, 0.2) is 0 Å².